The molecule has 0 saturated carbocycles. The third kappa shape index (κ3) is 2.75. The number of benzene rings is 1. The number of esters is 1. The van der Waals surface area contributed by atoms with Gasteiger partial charge >= 0.3 is 11.9 Å². The molecule has 0 spiro atoms. The Balaban J connectivity index is 3.41. The quantitative estimate of drug-likeness (QED) is 0.386. The molecular formula is C10H8ClNO6. The van der Waals surface area contributed by atoms with Gasteiger partial charge in [-0.05, 0) is 12.1 Å². The largest absolute Gasteiger partial charge is 0.480 e. The van der Waals surface area contributed by atoms with Crippen molar-refractivity contribution in [1.29, 1.82) is 0 Å². The van der Waals surface area contributed by atoms with E-state index in [0.717, 1.165) is 19.2 Å². The molecule has 0 aliphatic heterocycles. The van der Waals surface area contributed by atoms with Crippen molar-refractivity contribution in [3.63, 3.8) is 0 Å². The predicted molar refractivity (Wildman–Crippen MR) is 60.5 cm³/mol. The van der Waals surface area contributed by atoms with E-state index in [2.05, 4.69) is 4.74 Å². The number of halogens is 1. The van der Waals surface area contributed by atoms with E-state index in [4.69, 9.17) is 16.7 Å². The molecule has 0 amide bonds. The molecule has 0 radical (unpaired) electrons. The maximum atomic E-state index is 11.4. The summed E-state index contributed by atoms with van der Waals surface area (Å²) >= 11 is 5.59. The van der Waals surface area contributed by atoms with Crippen molar-refractivity contribution in [2.75, 3.05) is 7.11 Å². The summed E-state index contributed by atoms with van der Waals surface area (Å²) in [7, 11) is 1.00. The molecule has 8 heteroatoms. The Bertz CT molecular complexity index is 515. The zero-order valence-corrected chi connectivity index (χ0v) is 9.88. The molecular weight excluding hydrogens is 266 g/mol. The zero-order chi connectivity index (χ0) is 13.9. The topological polar surface area (TPSA) is 107 Å². The van der Waals surface area contributed by atoms with Gasteiger partial charge in [-0.25, -0.2) is 0 Å². The summed E-state index contributed by atoms with van der Waals surface area (Å²) in [4.78, 5) is 32.4. The number of nitrogens with zero attached hydrogens (tertiary/aromatic N) is 1. The van der Waals surface area contributed by atoms with Crippen LogP contribution >= 0.6 is 11.6 Å². The van der Waals surface area contributed by atoms with Crippen molar-refractivity contribution >= 4 is 29.2 Å². The van der Waals surface area contributed by atoms with E-state index in [1.54, 1.807) is 0 Å². The summed E-state index contributed by atoms with van der Waals surface area (Å²) in [6.07, 6.45) is 0. The monoisotopic (exact) mass is 273 g/mol. The summed E-state index contributed by atoms with van der Waals surface area (Å²) in [6.45, 7) is 0. The van der Waals surface area contributed by atoms with Crippen LogP contribution in [0.1, 0.15) is 11.5 Å². The van der Waals surface area contributed by atoms with Crippen LogP contribution in [-0.2, 0) is 14.3 Å². The molecule has 1 unspecified atom stereocenters. The van der Waals surface area contributed by atoms with Crippen LogP contribution in [0.15, 0.2) is 18.2 Å². The molecule has 1 rings (SSSR count). The maximum Gasteiger partial charge on any atom is 0.324 e. The van der Waals surface area contributed by atoms with E-state index < -0.39 is 28.5 Å². The number of nitro benzene ring substituents is 1. The zero-order valence-electron chi connectivity index (χ0n) is 9.12. The van der Waals surface area contributed by atoms with Gasteiger partial charge in [-0.2, -0.15) is 0 Å². The van der Waals surface area contributed by atoms with Crippen LogP contribution < -0.4 is 0 Å². The number of aliphatic carboxylic acids is 1. The van der Waals surface area contributed by atoms with Crippen molar-refractivity contribution in [2.24, 2.45) is 0 Å². The van der Waals surface area contributed by atoms with Crippen molar-refractivity contribution in [1.82, 2.24) is 0 Å². The Morgan fingerprint density at radius 3 is 2.56 bits per heavy atom. The standard InChI is InChI=1S/C10H8ClNO6/c1-18-10(15)8(9(13)14)6-3-2-5(11)4-7(6)12(16)17/h2-4,8H,1H3,(H,13,14). The van der Waals surface area contributed by atoms with Crippen LogP contribution in [0.4, 0.5) is 5.69 Å². The smallest absolute Gasteiger partial charge is 0.324 e. The van der Waals surface area contributed by atoms with E-state index >= 15 is 0 Å². The number of methoxy groups -OCH3 is 1. The number of carbonyl (C=O) groups is 2. The number of carboxylic acids is 1. The van der Waals surface area contributed by atoms with Gasteiger partial charge in [0.25, 0.3) is 5.69 Å². The van der Waals surface area contributed by atoms with Crippen LogP contribution in [0, 0.1) is 10.1 Å². The lowest BCUT2D eigenvalue weighted by Crippen LogP contribution is -2.23. The van der Waals surface area contributed by atoms with Crippen molar-refractivity contribution in [3.05, 3.63) is 38.9 Å². The highest BCUT2D eigenvalue weighted by atomic mass is 35.5. The summed E-state index contributed by atoms with van der Waals surface area (Å²) in [5.41, 5.74) is -0.816. The fourth-order valence-electron chi connectivity index (χ4n) is 1.40. The van der Waals surface area contributed by atoms with Gasteiger partial charge in [0.1, 0.15) is 0 Å². The molecule has 1 N–H and O–H groups in total. The van der Waals surface area contributed by atoms with E-state index in [0.29, 0.717) is 0 Å². The predicted octanol–water partition coefficient (Wildman–Crippen LogP) is 1.59. The first-order chi connectivity index (χ1) is 8.38. The van der Waals surface area contributed by atoms with Crippen LogP contribution in [0.25, 0.3) is 0 Å². The summed E-state index contributed by atoms with van der Waals surface area (Å²) in [5, 5.41) is 19.8. The minimum absolute atomic E-state index is 0.0689. The summed E-state index contributed by atoms with van der Waals surface area (Å²) in [6, 6.07) is 3.37. The average molecular weight is 274 g/mol. The van der Waals surface area contributed by atoms with Gasteiger partial charge in [-0.1, -0.05) is 11.6 Å². The normalized spacial score (nSPS) is 11.7. The van der Waals surface area contributed by atoms with Gasteiger partial charge < -0.3 is 9.84 Å². The molecule has 0 saturated heterocycles. The Morgan fingerprint density at radius 1 is 1.50 bits per heavy atom. The number of carbonyl (C=O) groups excluding carboxylic acids is 1. The molecule has 96 valence electrons. The molecule has 18 heavy (non-hydrogen) atoms. The molecule has 0 fully saturated rings. The second kappa shape index (κ2) is 5.46. The molecule has 0 aromatic heterocycles. The highest BCUT2D eigenvalue weighted by molar-refractivity contribution is 6.30. The van der Waals surface area contributed by atoms with Gasteiger partial charge in [0, 0.05) is 11.1 Å². The Labute approximate surface area is 106 Å². The SMILES string of the molecule is COC(=O)C(C(=O)O)c1ccc(Cl)cc1[N+](=O)[O-]. The van der Waals surface area contributed by atoms with Gasteiger partial charge in [-0.3, -0.25) is 19.7 Å². The fraction of sp³-hybridized carbons (Fsp3) is 0.200. The molecule has 1 atom stereocenters. The van der Waals surface area contributed by atoms with Crippen LogP contribution in [0.5, 0.6) is 0 Å². The summed E-state index contributed by atoms with van der Waals surface area (Å²) < 4.78 is 4.32. The second-order valence-corrected chi connectivity index (χ2v) is 3.69. The van der Waals surface area contributed by atoms with E-state index in [9.17, 15) is 19.7 Å². The maximum absolute atomic E-state index is 11.4. The fourth-order valence-corrected chi connectivity index (χ4v) is 1.56. The number of nitro groups is 1. The number of hydrogen-bond acceptors (Lipinski definition) is 5. The minimum atomic E-state index is -1.76. The number of hydrogen-bond donors (Lipinski definition) is 1. The number of rotatable bonds is 4. The molecule has 0 aliphatic carbocycles. The lowest BCUT2D eigenvalue weighted by Gasteiger charge is -2.10. The minimum Gasteiger partial charge on any atom is -0.480 e. The van der Waals surface area contributed by atoms with Crippen molar-refractivity contribution in [2.45, 2.75) is 5.92 Å². The molecule has 7 nitrogen and oxygen atoms in total. The summed E-state index contributed by atoms with van der Waals surface area (Å²) in [5.74, 6) is -4.38. The van der Waals surface area contributed by atoms with Crippen molar-refractivity contribution in [3.8, 4) is 0 Å². The Kier molecular flexibility index (Phi) is 4.22. The van der Waals surface area contributed by atoms with Gasteiger partial charge in [0.15, 0.2) is 5.92 Å². The van der Waals surface area contributed by atoms with Crippen LogP contribution in [0.3, 0.4) is 0 Å². The molecule has 0 bridgehead atoms. The Morgan fingerprint density at radius 2 is 2.11 bits per heavy atom. The number of carboxylic acid groups (broad SMARTS) is 1. The van der Waals surface area contributed by atoms with Crippen LogP contribution in [0.2, 0.25) is 5.02 Å². The van der Waals surface area contributed by atoms with Crippen LogP contribution in [-0.4, -0.2) is 29.1 Å². The third-order valence-electron chi connectivity index (χ3n) is 2.18. The first-order valence-electron chi connectivity index (χ1n) is 4.63. The first-order valence-corrected chi connectivity index (χ1v) is 5.00. The van der Waals surface area contributed by atoms with Gasteiger partial charge in [0.2, 0.25) is 0 Å². The lowest BCUT2D eigenvalue weighted by molar-refractivity contribution is -0.385. The lowest BCUT2D eigenvalue weighted by atomic mass is 9.97. The molecule has 0 aliphatic rings. The number of ether oxygens (including phenoxy) is 1. The molecule has 1 aromatic rings. The third-order valence-corrected chi connectivity index (χ3v) is 2.42. The second-order valence-electron chi connectivity index (χ2n) is 3.25. The highest BCUT2D eigenvalue weighted by Crippen LogP contribution is 2.30. The van der Waals surface area contributed by atoms with E-state index in [-0.39, 0.29) is 10.6 Å². The first kappa shape index (κ1) is 13.9. The Hall–Kier alpha value is -2.15. The van der Waals surface area contributed by atoms with E-state index in [1.807, 2.05) is 0 Å². The molecule has 0 heterocycles. The highest BCUT2D eigenvalue weighted by Gasteiger charge is 2.35. The van der Waals surface area contributed by atoms with Gasteiger partial charge in [0.05, 0.1) is 17.6 Å². The van der Waals surface area contributed by atoms with Crippen molar-refractivity contribution < 1.29 is 24.4 Å². The van der Waals surface area contributed by atoms with E-state index in [1.165, 1.54) is 6.07 Å². The average Bonchev–Trinajstić information content (AvgIpc) is 2.30. The van der Waals surface area contributed by atoms with Gasteiger partial charge in [-0.15, -0.1) is 0 Å². The molecule has 1 aromatic carbocycles.